The van der Waals surface area contributed by atoms with Gasteiger partial charge in [0, 0.05) is 23.8 Å². The molecule has 4 nitrogen and oxygen atoms in total. The Labute approximate surface area is 141 Å². The molecule has 0 atom stereocenters. The van der Waals surface area contributed by atoms with Crippen molar-refractivity contribution in [1.82, 2.24) is 9.55 Å². The first-order chi connectivity index (χ1) is 10.3. The van der Waals surface area contributed by atoms with Crippen LogP contribution in [0.5, 0.6) is 0 Å². The molecule has 120 valence electrons. The van der Waals surface area contributed by atoms with Crippen LogP contribution in [0, 0.1) is 0 Å². The molecule has 6 heteroatoms. The average Bonchev–Trinajstić information content (AvgIpc) is 3.00. The van der Waals surface area contributed by atoms with Gasteiger partial charge in [0.25, 0.3) is 0 Å². The Morgan fingerprint density at radius 1 is 1.18 bits per heavy atom. The fraction of sp³-hybridized carbons (Fsp3) is 0.438. The van der Waals surface area contributed by atoms with E-state index in [2.05, 4.69) is 17.1 Å². The van der Waals surface area contributed by atoms with E-state index < -0.39 is 5.79 Å². The number of benzene rings is 1. The molecular formula is C16H20Cl2N2O2. The maximum Gasteiger partial charge on any atom is 0.186 e. The summed E-state index contributed by atoms with van der Waals surface area (Å²) in [7, 11) is 0. The molecule has 3 rings (SSSR count). The van der Waals surface area contributed by atoms with Crippen LogP contribution in [0.2, 0.25) is 5.02 Å². The topological polar surface area (TPSA) is 36.3 Å². The lowest BCUT2D eigenvalue weighted by Gasteiger charge is -2.37. The Hall–Kier alpha value is -1.07. The van der Waals surface area contributed by atoms with Crippen molar-refractivity contribution >= 4 is 24.0 Å². The minimum atomic E-state index is -0.557. The fourth-order valence-electron chi connectivity index (χ4n) is 2.58. The molecule has 0 N–H and O–H groups in total. The molecule has 1 aromatic carbocycles. The van der Waals surface area contributed by atoms with Crippen LogP contribution in [0.1, 0.15) is 18.4 Å². The van der Waals surface area contributed by atoms with E-state index in [-0.39, 0.29) is 12.4 Å². The Morgan fingerprint density at radius 2 is 1.91 bits per heavy atom. The smallest absolute Gasteiger partial charge is 0.186 e. The highest BCUT2D eigenvalue weighted by Gasteiger charge is 2.34. The normalized spacial score (nSPS) is 17.0. The summed E-state index contributed by atoms with van der Waals surface area (Å²) in [5.74, 6) is -0.557. The monoisotopic (exact) mass is 342 g/mol. The molecule has 1 aliphatic rings. The summed E-state index contributed by atoms with van der Waals surface area (Å²) in [4.78, 5) is 4.08. The molecule has 0 bridgehead atoms. The van der Waals surface area contributed by atoms with Gasteiger partial charge in [0.05, 0.1) is 26.1 Å². The lowest BCUT2D eigenvalue weighted by atomic mass is 10.0. The SMILES string of the molecule is Cl.Clc1ccc(CCC2(Cn3ccnc3)OCCCO2)cc1. The number of rotatable bonds is 5. The summed E-state index contributed by atoms with van der Waals surface area (Å²) in [6.45, 7) is 2.16. The van der Waals surface area contributed by atoms with Crippen molar-refractivity contribution in [3.63, 3.8) is 0 Å². The van der Waals surface area contributed by atoms with Gasteiger partial charge in [0.1, 0.15) is 0 Å². The van der Waals surface area contributed by atoms with Gasteiger partial charge in [-0.15, -0.1) is 12.4 Å². The van der Waals surface area contributed by atoms with Crippen LogP contribution in [0.3, 0.4) is 0 Å². The molecule has 1 fully saturated rings. The summed E-state index contributed by atoms with van der Waals surface area (Å²) in [5.41, 5.74) is 1.24. The van der Waals surface area contributed by atoms with Crippen LogP contribution in [-0.2, 0) is 22.4 Å². The second kappa shape index (κ2) is 7.97. The average molecular weight is 343 g/mol. The predicted octanol–water partition coefficient (Wildman–Crippen LogP) is 3.72. The minimum absolute atomic E-state index is 0. The highest BCUT2D eigenvalue weighted by atomic mass is 35.5. The van der Waals surface area contributed by atoms with Crippen LogP contribution < -0.4 is 0 Å². The zero-order chi connectivity index (χ0) is 14.5. The molecule has 1 aromatic heterocycles. The number of hydrogen-bond donors (Lipinski definition) is 0. The van der Waals surface area contributed by atoms with Crippen molar-refractivity contribution in [1.29, 1.82) is 0 Å². The molecule has 0 radical (unpaired) electrons. The van der Waals surface area contributed by atoms with Crippen molar-refractivity contribution in [2.24, 2.45) is 0 Å². The highest BCUT2D eigenvalue weighted by molar-refractivity contribution is 6.30. The van der Waals surface area contributed by atoms with Crippen LogP contribution in [0.15, 0.2) is 43.0 Å². The second-order valence-corrected chi connectivity index (χ2v) is 5.76. The largest absolute Gasteiger partial charge is 0.348 e. The van der Waals surface area contributed by atoms with Gasteiger partial charge >= 0.3 is 0 Å². The number of aryl methyl sites for hydroxylation is 1. The third kappa shape index (κ3) is 4.46. The summed E-state index contributed by atoms with van der Waals surface area (Å²) in [6.07, 6.45) is 8.16. The molecule has 0 aliphatic carbocycles. The van der Waals surface area contributed by atoms with Gasteiger partial charge in [-0.3, -0.25) is 0 Å². The molecular weight excluding hydrogens is 323 g/mol. The van der Waals surface area contributed by atoms with Gasteiger partial charge in [0.2, 0.25) is 0 Å². The first-order valence-electron chi connectivity index (χ1n) is 7.24. The Kier molecular flexibility index (Phi) is 6.26. The lowest BCUT2D eigenvalue weighted by Crippen LogP contribution is -2.44. The summed E-state index contributed by atoms with van der Waals surface area (Å²) in [6, 6.07) is 7.94. The van der Waals surface area contributed by atoms with Gasteiger partial charge in [0.15, 0.2) is 5.79 Å². The van der Waals surface area contributed by atoms with Gasteiger partial charge in [-0.2, -0.15) is 0 Å². The van der Waals surface area contributed by atoms with E-state index in [1.165, 1.54) is 5.56 Å². The summed E-state index contributed by atoms with van der Waals surface area (Å²) in [5, 5.41) is 0.761. The molecule has 2 aromatic rings. The first-order valence-corrected chi connectivity index (χ1v) is 7.62. The highest BCUT2D eigenvalue weighted by Crippen LogP contribution is 2.27. The first kappa shape index (κ1) is 17.3. The summed E-state index contributed by atoms with van der Waals surface area (Å²) >= 11 is 5.92. The third-order valence-corrected chi connectivity index (χ3v) is 3.96. The number of ether oxygens (including phenoxy) is 2. The quantitative estimate of drug-likeness (QED) is 0.830. The van der Waals surface area contributed by atoms with Crippen LogP contribution in [0.4, 0.5) is 0 Å². The summed E-state index contributed by atoms with van der Waals surface area (Å²) < 4.78 is 14.0. The molecule has 22 heavy (non-hydrogen) atoms. The third-order valence-electron chi connectivity index (χ3n) is 3.71. The predicted molar refractivity (Wildman–Crippen MR) is 88.5 cm³/mol. The van der Waals surface area contributed by atoms with E-state index in [0.29, 0.717) is 6.54 Å². The van der Waals surface area contributed by atoms with Crippen molar-refractivity contribution in [2.75, 3.05) is 13.2 Å². The number of nitrogens with zero attached hydrogens (tertiary/aromatic N) is 2. The van der Waals surface area contributed by atoms with Crippen LogP contribution >= 0.6 is 24.0 Å². The zero-order valence-corrected chi connectivity index (χ0v) is 13.9. The number of hydrogen-bond acceptors (Lipinski definition) is 3. The Morgan fingerprint density at radius 3 is 2.55 bits per heavy atom. The number of imidazole rings is 1. The Bertz CT molecular complexity index is 552. The van der Waals surface area contributed by atoms with E-state index in [0.717, 1.165) is 37.5 Å². The van der Waals surface area contributed by atoms with Gasteiger partial charge < -0.3 is 14.0 Å². The van der Waals surface area contributed by atoms with E-state index in [1.54, 1.807) is 12.5 Å². The standard InChI is InChI=1S/C16H19ClN2O2.ClH/c17-15-4-2-14(3-5-15)6-7-16(20-10-1-11-21-16)12-19-9-8-18-13-19;/h2-5,8-9,13H,1,6-7,10-12H2;1H. The van der Waals surface area contributed by atoms with Crippen molar-refractivity contribution in [3.8, 4) is 0 Å². The molecule has 1 saturated heterocycles. The maximum absolute atomic E-state index is 5.99. The second-order valence-electron chi connectivity index (χ2n) is 5.32. The molecule has 0 spiro atoms. The van der Waals surface area contributed by atoms with Crippen LogP contribution in [-0.4, -0.2) is 28.6 Å². The molecule has 1 aliphatic heterocycles. The van der Waals surface area contributed by atoms with E-state index in [1.807, 2.05) is 22.9 Å². The molecule has 0 saturated carbocycles. The zero-order valence-electron chi connectivity index (χ0n) is 12.3. The van der Waals surface area contributed by atoms with E-state index in [4.69, 9.17) is 21.1 Å². The number of halogens is 2. The Balaban J connectivity index is 0.00000176. The van der Waals surface area contributed by atoms with Crippen LogP contribution in [0.25, 0.3) is 0 Å². The van der Waals surface area contributed by atoms with E-state index in [9.17, 15) is 0 Å². The van der Waals surface area contributed by atoms with Gasteiger partial charge in [-0.05, 0) is 30.5 Å². The molecule has 0 unspecified atom stereocenters. The minimum Gasteiger partial charge on any atom is -0.348 e. The maximum atomic E-state index is 5.99. The van der Waals surface area contributed by atoms with Crippen molar-refractivity contribution in [3.05, 3.63) is 53.6 Å². The lowest BCUT2D eigenvalue weighted by molar-refractivity contribution is -0.276. The van der Waals surface area contributed by atoms with Crippen molar-refractivity contribution in [2.45, 2.75) is 31.6 Å². The molecule has 2 heterocycles. The van der Waals surface area contributed by atoms with Gasteiger partial charge in [-0.1, -0.05) is 23.7 Å². The molecule has 0 amide bonds. The van der Waals surface area contributed by atoms with E-state index >= 15 is 0 Å². The number of aromatic nitrogens is 2. The van der Waals surface area contributed by atoms with Crippen molar-refractivity contribution < 1.29 is 9.47 Å². The fourth-order valence-corrected chi connectivity index (χ4v) is 2.70. The van der Waals surface area contributed by atoms with Gasteiger partial charge in [-0.25, -0.2) is 4.98 Å².